The van der Waals surface area contributed by atoms with Crippen LogP contribution in [0, 0.1) is 0 Å². The minimum Gasteiger partial charge on any atom is -0.207 e. The quantitative estimate of drug-likeness (QED) is 0.918. The Kier molecular flexibility index (Phi) is 3.97. The molecule has 0 heterocycles. The molecular weight excluding hydrogens is 329 g/mol. The van der Waals surface area contributed by atoms with Crippen LogP contribution in [-0.4, -0.2) is 8.42 Å². The number of nitrogens with one attached hydrogen (secondary N) is 1. The molecular formula is C15H13Cl2NO2S. The summed E-state index contributed by atoms with van der Waals surface area (Å²) in [5, 5.41) is 0.282. The van der Waals surface area contributed by atoms with Crippen LogP contribution < -0.4 is 4.72 Å². The van der Waals surface area contributed by atoms with E-state index in [1.54, 1.807) is 12.1 Å². The summed E-state index contributed by atoms with van der Waals surface area (Å²) in [5.41, 5.74) is 2.21. The topological polar surface area (TPSA) is 46.2 Å². The fraction of sp³-hybridized carbons (Fsp3) is 0.200. The molecule has 0 bridgehead atoms. The number of benzene rings is 2. The van der Waals surface area contributed by atoms with Gasteiger partial charge >= 0.3 is 0 Å². The van der Waals surface area contributed by atoms with Crippen molar-refractivity contribution in [2.45, 2.75) is 23.8 Å². The fourth-order valence-corrected chi connectivity index (χ4v) is 4.63. The van der Waals surface area contributed by atoms with Gasteiger partial charge in [0.05, 0.1) is 10.0 Å². The molecule has 0 amide bonds. The Morgan fingerprint density at radius 2 is 1.81 bits per heavy atom. The van der Waals surface area contributed by atoms with Gasteiger partial charge in [-0.2, -0.15) is 0 Å². The summed E-state index contributed by atoms with van der Waals surface area (Å²) >= 11 is 11.9. The van der Waals surface area contributed by atoms with Crippen molar-refractivity contribution in [1.29, 1.82) is 0 Å². The normalized spacial score (nSPS) is 17.7. The first-order chi connectivity index (χ1) is 9.99. The van der Waals surface area contributed by atoms with Crippen molar-refractivity contribution < 1.29 is 8.42 Å². The zero-order valence-electron chi connectivity index (χ0n) is 11.0. The largest absolute Gasteiger partial charge is 0.242 e. The average Bonchev–Trinajstić information content (AvgIpc) is 2.84. The standard InChI is InChI=1S/C15H13Cl2NO2S/c16-12-6-3-7-14(15(12)17)21(19,20)18-13-9-8-10-4-1-2-5-11(10)13/h1-7,13,18H,8-9H2/t13-/m0/s1. The molecule has 6 heteroatoms. The van der Waals surface area contributed by atoms with Crippen LogP contribution in [0.25, 0.3) is 0 Å². The number of hydrogen-bond acceptors (Lipinski definition) is 2. The lowest BCUT2D eigenvalue weighted by molar-refractivity contribution is 0.554. The van der Waals surface area contributed by atoms with Gasteiger partial charge in [0.2, 0.25) is 10.0 Å². The molecule has 0 spiro atoms. The van der Waals surface area contributed by atoms with Gasteiger partial charge in [0.1, 0.15) is 4.90 Å². The lowest BCUT2D eigenvalue weighted by Gasteiger charge is -2.15. The summed E-state index contributed by atoms with van der Waals surface area (Å²) in [4.78, 5) is 0.0149. The van der Waals surface area contributed by atoms with E-state index in [0.29, 0.717) is 0 Å². The second-order valence-corrected chi connectivity index (χ2v) is 7.43. The van der Waals surface area contributed by atoms with Crippen LogP contribution in [0.15, 0.2) is 47.4 Å². The number of hydrogen-bond donors (Lipinski definition) is 1. The molecule has 3 rings (SSSR count). The number of sulfonamides is 1. The molecule has 0 saturated heterocycles. The van der Waals surface area contributed by atoms with Gasteiger partial charge in [0.15, 0.2) is 0 Å². The molecule has 1 aliphatic rings. The molecule has 0 aromatic heterocycles. The number of rotatable bonds is 3. The Hall–Kier alpha value is -1.07. The highest BCUT2D eigenvalue weighted by Crippen LogP contribution is 2.34. The maximum atomic E-state index is 12.5. The van der Waals surface area contributed by atoms with Gasteiger partial charge in [-0.25, -0.2) is 13.1 Å². The van der Waals surface area contributed by atoms with Crippen molar-refractivity contribution >= 4 is 33.2 Å². The van der Waals surface area contributed by atoms with Crippen LogP contribution in [0.2, 0.25) is 10.0 Å². The van der Waals surface area contributed by atoms with E-state index >= 15 is 0 Å². The monoisotopic (exact) mass is 341 g/mol. The molecule has 1 atom stereocenters. The lowest BCUT2D eigenvalue weighted by Crippen LogP contribution is -2.27. The van der Waals surface area contributed by atoms with Crippen LogP contribution in [-0.2, 0) is 16.4 Å². The number of fused-ring (bicyclic) bond motifs is 1. The van der Waals surface area contributed by atoms with Crippen LogP contribution in [0.1, 0.15) is 23.6 Å². The third-order valence-electron chi connectivity index (χ3n) is 3.64. The maximum Gasteiger partial charge on any atom is 0.242 e. The van der Waals surface area contributed by atoms with E-state index in [-0.39, 0.29) is 21.0 Å². The van der Waals surface area contributed by atoms with Crippen molar-refractivity contribution in [3.8, 4) is 0 Å². The van der Waals surface area contributed by atoms with Crippen LogP contribution >= 0.6 is 23.2 Å². The maximum absolute atomic E-state index is 12.5. The highest BCUT2D eigenvalue weighted by Gasteiger charge is 2.28. The first kappa shape index (κ1) is 14.9. The van der Waals surface area contributed by atoms with Crippen molar-refractivity contribution in [2.75, 3.05) is 0 Å². The van der Waals surface area contributed by atoms with Gasteiger partial charge < -0.3 is 0 Å². The third-order valence-corrected chi connectivity index (χ3v) is 6.08. The fourth-order valence-electron chi connectivity index (χ4n) is 2.62. The Bertz CT molecular complexity index is 790. The van der Waals surface area contributed by atoms with E-state index in [2.05, 4.69) is 4.72 Å². The lowest BCUT2D eigenvalue weighted by atomic mass is 10.1. The molecule has 21 heavy (non-hydrogen) atoms. The van der Waals surface area contributed by atoms with Gasteiger partial charge in [0.25, 0.3) is 0 Å². The highest BCUT2D eigenvalue weighted by molar-refractivity contribution is 7.89. The molecule has 0 radical (unpaired) electrons. The SMILES string of the molecule is O=S(=O)(N[C@H]1CCc2ccccc21)c1cccc(Cl)c1Cl. The highest BCUT2D eigenvalue weighted by atomic mass is 35.5. The molecule has 2 aromatic carbocycles. The molecule has 0 aliphatic heterocycles. The average molecular weight is 342 g/mol. The molecule has 3 nitrogen and oxygen atoms in total. The summed E-state index contributed by atoms with van der Waals surface area (Å²) < 4.78 is 27.8. The molecule has 1 N–H and O–H groups in total. The first-order valence-corrected chi connectivity index (χ1v) is 8.77. The molecule has 1 aliphatic carbocycles. The number of halogens is 2. The van der Waals surface area contributed by atoms with Crippen LogP contribution in [0.5, 0.6) is 0 Å². The zero-order chi connectivity index (χ0) is 15.0. The Labute approximate surface area is 133 Å². The van der Waals surface area contributed by atoms with Gasteiger partial charge in [-0.15, -0.1) is 0 Å². The summed E-state index contributed by atoms with van der Waals surface area (Å²) in [7, 11) is -3.71. The van der Waals surface area contributed by atoms with E-state index in [0.717, 1.165) is 18.4 Å². The predicted molar refractivity (Wildman–Crippen MR) is 84.3 cm³/mol. The van der Waals surface area contributed by atoms with Crippen LogP contribution in [0.4, 0.5) is 0 Å². The molecule has 0 fully saturated rings. The molecule has 110 valence electrons. The molecule has 0 saturated carbocycles. The molecule has 2 aromatic rings. The van der Waals surface area contributed by atoms with Gasteiger partial charge in [-0.3, -0.25) is 0 Å². The van der Waals surface area contributed by atoms with E-state index in [1.165, 1.54) is 11.6 Å². The van der Waals surface area contributed by atoms with Gasteiger partial charge in [-0.05, 0) is 36.1 Å². The zero-order valence-corrected chi connectivity index (χ0v) is 13.3. The van der Waals surface area contributed by atoms with Gasteiger partial charge in [0, 0.05) is 6.04 Å². The van der Waals surface area contributed by atoms with E-state index < -0.39 is 10.0 Å². The Morgan fingerprint density at radius 1 is 1.05 bits per heavy atom. The Balaban J connectivity index is 1.93. The second kappa shape index (κ2) is 5.61. The summed E-state index contributed by atoms with van der Waals surface area (Å²) in [5.74, 6) is 0. The first-order valence-electron chi connectivity index (χ1n) is 6.53. The number of aryl methyl sites for hydroxylation is 1. The second-order valence-electron chi connectivity index (χ2n) is 4.96. The van der Waals surface area contributed by atoms with E-state index in [4.69, 9.17) is 23.2 Å². The van der Waals surface area contributed by atoms with E-state index in [1.807, 2.05) is 24.3 Å². The van der Waals surface area contributed by atoms with E-state index in [9.17, 15) is 8.42 Å². The summed E-state index contributed by atoms with van der Waals surface area (Å²) in [6.07, 6.45) is 1.61. The molecule has 0 unspecified atom stereocenters. The third kappa shape index (κ3) is 2.81. The van der Waals surface area contributed by atoms with Crippen molar-refractivity contribution in [1.82, 2.24) is 4.72 Å². The van der Waals surface area contributed by atoms with Gasteiger partial charge in [-0.1, -0.05) is 53.5 Å². The smallest absolute Gasteiger partial charge is 0.207 e. The Morgan fingerprint density at radius 3 is 2.62 bits per heavy atom. The minimum atomic E-state index is -3.71. The predicted octanol–water partition coefficient (Wildman–Crippen LogP) is 3.96. The van der Waals surface area contributed by atoms with Crippen molar-refractivity contribution in [3.63, 3.8) is 0 Å². The summed E-state index contributed by atoms with van der Waals surface area (Å²) in [6, 6.07) is 12.2. The van der Waals surface area contributed by atoms with Crippen LogP contribution in [0.3, 0.4) is 0 Å². The van der Waals surface area contributed by atoms with Crippen molar-refractivity contribution in [2.24, 2.45) is 0 Å². The minimum absolute atomic E-state index is 0.0149. The van der Waals surface area contributed by atoms with Crippen molar-refractivity contribution in [3.05, 3.63) is 63.6 Å². The summed E-state index contributed by atoms with van der Waals surface area (Å²) in [6.45, 7) is 0.